The van der Waals surface area contributed by atoms with E-state index < -0.39 is 5.78 Å². The van der Waals surface area contributed by atoms with Crippen LogP contribution in [0.15, 0.2) is 53.3 Å². The number of nitrogens with one attached hydrogen (secondary N) is 1. The SMILES string of the molecule is CC(=O)N1CCN(c2ccc(NC3=C(Cl)C(=O)c4ncccc4C3=O)cc2)CC1. The van der Waals surface area contributed by atoms with Crippen LogP contribution < -0.4 is 10.2 Å². The van der Waals surface area contributed by atoms with Crippen LogP contribution in [-0.4, -0.2) is 53.5 Å². The molecule has 2 aliphatic rings. The number of fused-ring (bicyclic) bond motifs is 1. The van der Waals surface area contributed by atoms with Crippen molar-refractivity contribution in [3.05, 3.63) is 64.6 Å². The van der Waals surface area contributed by atoms with Crippen molar-refractivity contribution >= 4 is 40.4 Å². The van der Waals surface area contributed by atoms with E-state index in [9.17, 15) is 14.4 Å². The van der Waals surface area contributed by atoms with Gasteiger partial charge in [0.2, 0.25) is 17.5 Å². The monoisotopic (exact) mass is 410 g/mol. The predicted octanol–water partition coefficient (Wildman–Crippen LogP) is 2.69. The van der Waals surface area contributed by atoms with Crippen LogP contribution in [0.5, 0.6) is 0 Å². The number of ketones is 2. The molecule has 0 atom stereocenters. The molecule has 8 heteroatoms. The van der Waals surface area contributed by atoms with Gasteiger partial charge in [-0.1, -0.05) is 11.6 Å². The molecule has 1 aliphatic heterocycles. The van der Waals surface area contributed by atoms with E-state index in [2.05, 4.69) is 15.2 Å². The molecular weight excluding hydrogens is 392 g/mol. The Morgan fingerprint density at radius 1 is 1.03 bits per heavy atom. The normalized spacial score (nSPS) is 16.8. The van der Waals surface area contributed by atoms with E-state index >= 15 is 0 Å². The third-order valence-corrected chi connectivity index (χ3v) is 5.50. The molecule has 148 valence electrons. The maximum Gasteiger partial charge on any atom is 0.225 e. The molecule has 0 saturated carbocycles. The van der Waals surface area contributed by atoms with Gasteiger partial charge in [0.1, 0.15) is 16.4 Å². The molecule has 4 rings (SSSR count). The summed E-state index contributed by atoms with van der Waals surface area (Å²) in [6.07, 6.45) is 1.46. The van der Waals surface area contributed by atoms with E-state index in [-0.39, 0.29) is 33.7 Å². The Morgan fingerprint density at radius 2 is 1.72 bits per heavy atom. The third-order valence-electron chi connectivity index (χ3n) is 5.14. The summed E-state index contributed by atoms with van der Waals surface area (Å²) in [6.45, 7) is 4.51. The molecule has 2 aromatic rings. The second-order valence-corrected chi connectivity index (χ2v) is 7.29. The molecule has 1 aromatic heterocycles. The van der Waals surface area contributed by atoms with Gasteiger partial charge in [0.15, 0.2) is 0 Å². The highest BCUT2D eigenvalue weighted by atomic mass is 35.5. The van der Waals surface area contributed by atoms with E-state index in [1.807, 2.05) is 29.2 Å². The topological polar surface area (TPSA) is 82.6 Å². The standard InChI is InChI=1S/C21H19ClN4O3/c1-13(27)25-9-11-26(12-10-25)15-6-4-14(5-7-15)24-19-17(22)21(29)18-16(20(19)28)3-2-8-23-18/h2-8,24H,9-12H2,1H3. The van der Waals surface area contributed by atoms with Gasteiger partial charge >= 0.3 is 0 Å². The fourth-order valence-electron chi connectivity index (χ4n) is 3.51. The van der Waals surface area contributed by atoms with Crippen molar-refractivity contribution in [2.24, 2.45) is 0 Å². The molecule has 7 nitrogen and oxygen atoms in total. The third kappa shape index (κ3) is 3.61. The zero-order valence-corrected chi connectivity index (χ0v) is 16.6. The molecule has 29 heavy (non-hydrogen) atoms. The van der Waals surface area contributed by atoms with Crippen LogP contribution in [-0.2, 0) is 4.79 Å². The Hall–Kier alpha value is -3.19. The van der Waals surface area contributed by atoms with E-state index in [4.69, 9.17) is 11.6 Å². The number of piperazine rings is 1. The number of nitrogens with zero attached hydrogens (tertiary/aromatic N) is 3. The van der Waals surface area contributed by atoms with Crippen LogP contribution in [0.2, 0.25) is 0 Å². The smallest absolute Gasteiger partial charge is 0.225 e. The Morgan fingerprint density at radius 3 is 2.38 bits per heavy atom. The number of Topliss-reactive ketones (excluding diaryl/α,β-unsaturated/α-hetero) is 2. The summed E-state index contributed by atoms with van der Waals surface area (Å²) in [5.41, 5.74) is 2.05. The molecule has 2 heterocycles. The lowest BCUT2D eigenvalue weighted by Gasteiger charge is -2.35. The predicted molar refractivity (Wildman–Crippen MR) is 110 cm³/mol. The van der Waals surface area contributed by atoms with Gasteiger partial charge in [0, 0.05) is 50.7 Å². The first-order valence-corrected chi connectivity index (χ1v) is 9.65. The van der Waals surface area contributed by atoms with Crippen molar-refractivity contribution < 1.29 is 14.4 Å². The molecule has 1 N–H and O–H groups in total. The highest BCUT2D eigenvalue weighted by molar-refractivity contribution is 6.50. The lowest BCUT2D eigenvalue weighted by Crippen LogP contribution is -2.48. The van der Waals surface area contributed by atoms with Crippen LogP contribution in [0.3, 0.4) is 0 Å². The van der Waals surface area contributed by atoms with Gasteiger partial charge in [0.05, 0.1) is 5.56 Å². The number of allylic oxidation sites excluding steroid dienone is 2. The maximum absolute atomic E-state index is 12.7. The van der Waals surface area contributed by atoms with Crippen molar-refractivity contribution in [3.63, 3.8) is 0 Å². The van der Waals surface area contributed by atoms with Gasteiger partial charge in [0.25, 0.3) is 0 Å². The lowest BCUT2D eigenvalue weighted by atomic mass is 9.97. The number of hydrogen-bond donors (Lipinski definition) is 1. The fraction of sp³-hybridized carbons (Fsp3) is 0.238. The van der Waals surface area contributed by atoms with Crippen LogP contribution >= 0.6 is 11.6 Å². The van der Waals surface area contributed by atoms with E-state index in [0.29, 0.717) is 18.8 Å². The molecular formula is C21H19ClN4O3. The van der Waals surface area contributed by atoms with Gasteiger partial charge in [-0.05, 0) is 36.4 Å². The number of halogens is 1. The van der Waals surface area contributed by atoms with Crippen LogP contribution in [0.1, 0.15) is 27.8 Å². The number of amides is 1. The van der Waals surface area contributed by atoms with E-state index in [1.54, 1.807) is 19.1 Å². The van der Waals surface area contributed by atoms with Crippen molar-refractivity contribution in [3.8, 4) is 0 Å². The first-order valence-electron chi connectivity index (χ1n) is 9.27. The van der Waals surface area contributed by atoms with Gasteiger partial charge in [-0.25, -0.2) is 0 Å². The number of pyridine rings is 1. The molecule has 0 spiro atoms. The molecule has 0 unspecified atom stereocenters. The van der Waals surface area contributed by atoms with Gasteiger partial charge < -0.3 is 15.1 Å². The minimum Gasteiger partial charge on any atom is -0.368 e. The molecule has 1 aromatic carbocycles. The molecule has 0 radical (unpaired) electrons. The highest BCUT2D eigenvalue weighted by Gasteiger charge is 2.32. The van der Waals surface area contributed by atoms with Crippen LogP contribution in [0, 0.1) is 0 Å². The van der Waals surface area contributed by atoms with E-state index in [0.717, 1.165) is 18.8 Å². The zero-order chi connectivity index (χ0) is 20.5. The number of benzene rings is 1. The molecule has 1 saturated heterocycles. The first-order chi connectivity index (χ1) is 14.0. The Bertz CT molecular complexity index is 1020. The molecule has 1 fully saturated rings. The Kier molecular flexibility index (Phi) is 5.07. The lowest BCUT2D eigenvalue weighted by molar-refractivity contribution is -0.129. The Balaban J connectivity index is 1.50. The summed E-state index contributed by atoms with van der Waals surface area (Å²) < 4.78 is 0. The molecule has 1 amide bonds. The number of anilines is 2. The number of aromatic nitrogens is 1. The van der Waals surface area contributed by atoms with Crippen molar-refractivity contribution in [1.29, 1.82) is 0 Å². The summed E-state index contributed by atoms with van der Waals surface area (Å²) >= 11 is 6.16. The second-order valence-electron chi connectivity index (χ2n) is 6.91. The summed E-state index contributed by atoms with van der Waals surface area (Å²) in [5.74, 6) is -0.732. The minimum atomic E-state index is -0.468. The van der Waals surface area contributed by atoms with Gasteiger partial charge in [-0.2, -0.15) is 0 Å². The average Bonchev–Trinajstić information content (AvgIpc) is 2.75. The van der Waals surface area contributed by atoms with Crippen molar-refractivity contribution in [1.82, 2.24) is 9.88 Å². The molecule has 1 aliphatic carbocycles. The highest BCUT2D eigenvalue weighted by Crippen LogP contribution is 2.29. The van der Waals surface area contributed by atoms with Crippen molar-refractivity contribution in [2.75, 3.05) is 36.4 Å². The van der Waals surface area contributed by atoms with Crippen LogP contribution in [0.4, 0.5) is 11.4 Å². The first kappa shape index (κ1) is 19.1. The van der Waals surface area contributed by atoms with Gasteiger partial charge in [-0.15, -0.1) is 0 Å². The number of rotatable bonds is 3. The second kappa shape index (κ2) is 7.67. The van der Waals surface area contributed by atoms with E-state index in [1.165, 1.54) is 6.20 Å². The minimum absolute atomic E-state index is 0.0555. The fourth-order valence-corrected chi connectivity index (χ4v) is 3.73. The summed E-state index contributed by atoms with van der Waals surface area (Å²) in [7, 11) is 0. The summed E-state index contributed by atoms with van der Waals surface area (Å²) in [6, 6.07) is 10.7. The number of carbonyl (C=O) groups excluding carboxylic acids is 3. The van der Waals surface area contributed by atoms with Crippen molar-refractivity contribution in [2.45, 2.75) is 6.92 Å². The maximum atomic E-state index is 12.7. The average molecular weight is 411 g/mol. The van der Waals surface area contributed by atoms with Crippen LogP contribution in [0.25, 0.3) is 0 Å². The zero-order valence-electron chi connectivity index (χ0n) is 15.8. The largest absolute Gasteiger partial charge is 0.368 e. The quantitative estimate of drug-likeness (QED) is 0.837. The molecule has 0 bridgehead atoms. The summed E-state index contributed by atoms with van der Waals surface area (Å²) in [4.78, 5) is 44.6. The number of carbonyl (C=O) groups is 3. The number of hydrogen-bond acceptors (Lipinski definition) is 6. The Labute approximate surface area is 173 Å². The summed E-state index contributed by atoms with van der Waals surface area (Å²) in [5, 5.41) is 2.82. The van der Waals surface area contributed by atoms with Gasteiger partial charge in [-0.3, -0.25) is 19.4 Å².